The number of benzene rings is 1. The van der Waals surface area contributed by atoms with E-state index >= 15 is 0 Å². The normalized spacial score (nSPS) is 15.7. The van der Waals surface area contributed by atoms with Crippen LogP contribution in [-0.4, -0.2) is 26.9 Å². The largest absolute Gasteiger partial charge is 0.343 e. The number of anilines is 1. The number of aryl methyl sites for hydroxylation is 1. The van der Waals surface area contributed by atoms with Crippen molar-refractivity contribution in [1.82, 2.24) is 20.4 Å². The van der Waals surface area contributed by atoms with Gasteiger partial charge in [0.2, 0.25) is 17.7 Å². The van der Waals surface area contributed by atoms with Crippen LogP contribution in [0.4, 0.5) is 5.13 Å². The number of hydrogen-bond donors (Lipinski definition) is 2. The summed E-state index contributed by atoms with van der Waals surface area (Å²) in [5, 5.41) is 12.5. The summed E-state index contributed by atoms with van der Waals surface area (Å²) in [7, 11) is 0. The monoisotopic (exact) mass is 453 g/mol. The number of hydrogen-bond acceptors (Lipinski definition) is 7. The van der Waals surface area contributed by atoms with Gasteiger partial charge in [0, 0.05) is 30.7 Å². The van der Waals surface area contributed by atoms with Gasteiger partial charge in [0.15, 0.2) is 11.0 Å². The molecule has 0 radical (unpaired) electrons. The fourth-order valence-electron chi connectivity index (χ4n) is 4.10. The van der Waals surface area contributed by atoms with Crippen LogP contribution in [0.5, 0.6) is 0 Å². The summed E-state index contributed by atoms with van der Waals surface area (Å²) in [6, 6.07) is 9.83. The topological polar surface area (TPSA) is 110 Å². The van der Waals surface area contributed by atoms with Crippen molar-refractivity contribution in [2.75, 3.05) is 5.32 Å². The lowest BCUT2D eigenvalue weighted by Crippen LogP contribution is -2.45. The number of rotatable bonds is 7. The molecule has 1 aliphatic carbocycles. The molecule has 2 amide bonds. The second-order valence-electron chi connectivity index (χ2n) is 8.14. The number of carbonyl (C=O) groups is 2. The molecule has 0 aliphatic heterocycles. The third-order valence-electron chi connectivity index (χ3n) is 5.65. The second kappa shape index (κ2) is 10.0. The molecule has 2 N–H and O–H groups in total. The molecule has 4 rings (SSSR count). The van der Waals surface area contributed by atoms with E-state index in [1.54, 1.807) is 0 Å². The summed E-state index contributed by atoms with van der Waals surface area (Å²) >= 11 is 1.39. The first-order valence-corrected chi connectivity index (χ1v) is 11.8. The number of nitrogens with zero attached hydrogens (tertiary/aromatic N) is 3. The van der Waals surface area contributed by atoms with Crippen molar-refractivity contribution < 1.29 is 14.1 Å². The third kappa shape index (κ3) is 5.40. The zero-order valence-electron chi connectivity index (χ0n) is 18.1. The minimum absolute atomic E-state index is 0.101. The first kappa shape index (κ1) is 22.1. The van der Waals surface area contributed by atoms with E-state index in [1.165, 1.54) is 18.3 Å². The maximum absolute atomic E-state index is 12.4. The molecule has 8 nitrogen and oxygen atoms in total. The predicted octanol–water partition coefficient (Wildman–Crippen LogP) is 4.45. The van der Waals surface area contributed by atoms with Gasteiger partial charge in [0.25, 0.3) is 0 Å². The molecule has 2 aromatic heterocycles. The minimum atomic E-state index is -0.582. The molecule has 0 atom stereocenters. The Morgan fingerprint density at radius 1 is 1.09 bits per heavy atom. The highest BCUT2D eigenvalue weighted by Crippen LogP contribution is 2.34. The van der Waals surface area contributed by atoms with Gasteiger partial charge >= 0.3 is 0 Å². The van der Waals surface area contributed by atoms with Crippen molar-refractivity contribution in [2.24, 2.45) is 0 Å². The first-order valence-electron chi connectivity index (χ1n) is 11.0. The number of amides is 2. The fraction of sp³-hybridized carbons (Fsp3) is 0.435. The Hall–Kier alpha value is -3.07. The smallest absolute Gasteiger partial charge is 0.227 e. The van der Waals surface area contributed by atoms with Crippen LogP contribution in [-0.2, 0) is 21.5 Å². The van der Waals surface area contributed by atoms with Crippen LogP contribution in [0, 0.1) is 0 Å². The molecule has 1 aromatic carbocycles. The molecular formula is C23H27N5O3S. The molecule has 1 aliphatic rings. The molecule has 0 saturated heterocycles. The molecule has 2 heterocycles. The van der Waals surface area contributed by atoms with Gasteiger partial charge in [-0.15, -0.1) is 11.3 Å². The van der Waals surface area contributed by atoms with Gasteiger partial charge in [-0.2, -0.15) is 4.98 Å². The Morgan fingerprint density at radius 3 is 2.56 bits per heavy atom. The molecule has 32 heavy (non-hydrogen) atoms. The van der Waals surface area contributed by atoms with Gasteiger partial charge in [-0.25, -0.2) is 4.98 Å². The van der Waals surface area contributed by atoms with Gasteiger partial charge in [-0.05, 0) is 12.8 Å². The summed E-state index contributed by atoms with van der Waals surface area (Å²) in [5.74, 6) is 0.645. The third-order valence-corrected chi connectivity index (χ3v) is 6.41. The van der Waals surface area contributed by atoms with E-state index in [0.717, 1.165) is 49.8 Å². The highest BCUT2D eigenvalue weighted by atomic mass is 32.1. The van der Waals surface area contributed by atoms with Gasteiger partial charge < -0.3 is 15.2 Å². The molecule has 1 fully saturated rings. The van der Waals surface area contributed by atoms with E-state index in [-0.39, 0.29) is 18.2 Å². The number of carbonyl (C=O) groups excluding carboxylic acids is 2. The van der Waals surface area contributed by atoms with Crippen LogP contribution in [0.15, 0.2) is 40.2 Å². The lowest BCUT2D eigenvalue weighted by Gasteiger charge is -2.30. The lowest BCUT2D eigenvalue weighted by molar-refractivity contribution is -0.121. The summed E-state index contributed by atoms with van der Waals surface area (Å²) in [6.07, 6.45) is 6.39. The van der Waals surface area contributed by atoms with Crippen molar-refractivity contribution in [3.63, 3.8) is 0 Å². The average Bonchev–Trinajstić information content (AvgIpc) is 3.39. The average molecular weight is 454 g/mol. The standard InChI is InChI=1S/C23H27N5O3S/c1-16(29)27-23(13-7-2-3-8-14-23)21-26-20(31-28-21)12-11-19(30)25-22-24-18(15-32-22)17-9-5-4-6-10-17/h4-6,9-10,15H,2-3,7-8,11-14H2,1H3,(H,27,29)(H,24,25,30). The van der Waals surface area contributed by atoms with Crippen molar-refractivity contribution >= 4 is 28.3 Å². The summed E-state index contributed by atoms with van der Waals surface area (Å²) in [4.78, 5) is 33.3. The quantitative estimate of drug-likeness (QED) is 0.512. The molecule has 168 valence electrons. The number of aromatic nitrogens is 3. The maximum Gasteiger partial charge on any atom is 0.227 e. The van der Waals surface area contributed by atoms with E-state index in [0.29, 0.717) is 23.3 Å². The first-order chi connectivity index (χ1) is 15.5. The van der Waals surface area contributed by atoms with E-state index < -0.39 is 5.54 Å². The van der Waals surface area contributed by atoms with Gasteiger partial charge in [0.1, 0.15) is 5.54 Å². The predicted molar refractivity (Wildman–Crippen MR) is 122 cm³/mol. The Balaban J connectivity index is 1.36. The molecular weight excluding hydrogens is 426 g/mol. The SMILES string of the molecule is CC(=O)NC1(c2noc(CCC(=O)Nc3nc(-c4ccccc4)cs3)n2)CCCCCC1. The lowest BCUT2D eigenvalue weighted by atomic mass is 9.89. The summed E-state index contributed by atoms with van der Waals surface area (Å²) in [6.45, 7) is 1.51. The molecule has 1 saturated carbocycles. The summed E-state index contributed by atoms with van der Waals surface area (Å²) < 4.78 is 5.42. The Kier molecular flexibility index (Phi) is 6.94. The van der Waals surface area contributed by atoms with Crippen LogP contribution in [0.1, 0.15) is 63.6 Å². The highest BCUT2D eigenvalue weighted by molar-refractivity contribution is 7.14. The number of thiazole rings is 1. The minimum Gasteiger partial charge on any atom is -0.343 e. The van der Waals surface area contributed by atoms with Gasteiger partial charge in [-0.1, -0.05) is 61.2 Å². The van der Waals surface area contributed by atoms with Crippen LogP contribution in [0.2, 0.25) is 0 Å². The van der Waals surface area contributed by atoms with E-state index in [1.807, 2.05) is 35.7 Å². The van der Waals surface area contributed by atoms with Crippen molar-refractivity contribution in [1.29, 1.82) is 0 Å². The molecule has 3 aromatic rings. The van der Waals surface area contributed by atoms with Crippen LogP contribution in [0.3, 0.4) is 0 Å². The molecule has 0 spiro atoms. The van der Waals surface area contributed by atoms with Crippen molar-refractivity contribution in [2.45, 2.75) is 63.8 Å². The van der Waals surface area contributed by atoms with Gasteiger partial charge in [0.05, 0.1) is 5.69 Å². The molecule has 0 unspecified atom stereocenters. The van der Waals surface area contributed by atoms with E-state index in [4.69, 9.17) is 4.52 Å². The van der Waals surface area contributed by atoms with Crippen molar-refractivity contribution in [3.8, 4) is 11.3 Å². The Bertz CT molecular complexity index is 1050. The summed E-state index contributed by atoms with van der Waals surface area (Å²) in [5.41, 5.74) is 1.26. The fourth-order valence-corrected chi connectivity index (χ4v) is 4.84. The zero-order chi connectivity index (χ0) is 22.4. The highest BCUT2D eigenvalue weighted by Gasteiger charge is 2.38. The van der Waals surface area contributed by atoms with Gasteiger partial charge in [-0.3, -0.25) is 9.59 Å². The molecule has 9 heteroatoms. The second-order valence-corrected chi connectivity index (χ2v) is 9.00. The van der Waals surface area contributed by atoms with E-state index in [2.05, 4.69) is 25.8 Å². The zero-order valence-corrected chi connectivity index (χ0v) is 18.9. The number of nitrogens with one attached hydrogen (secondary N) is 2. The maximum atomic E-state index is 12.4. The van der Waals surface area contributed by atoms with Crippen LogP contribution < -0.4 is 10.6 Å². The Labute approximate surface area is 190 Å². The van der Waals surface area contributed by atoms with Crippen LogP contribution in [0.25, 0.3) is 11.3 Å². The Morgan fingerprint density at radius 2 is 1.84 bits per heavy atom. The van der Waals surface area contributed by atoms with Crippen LogP contribution >= 0.6 is 11.3 Å². The van der Waals surface area contributed by atoms with Crippen molar-refractivity contribution in [3.05, 3.63) is 47.4 Å². The van der Waals surface area contributed by atoms with E-state index in [9.17, 15) is 9.59 Å². The molecule has 0 bridgehead atoms.